The van der Waals surface area contributed by atoms with Crippen molar-refractivity contribution in [3.63, 3.8) is 0 Å². The molecule has 1 unspecified atom stereocenters. The average molecular weight is 390 g/mol. The molecule has 29 heavy (non-hydrogen) atoms. The van der Waals surface area contributed by atoms with E-state index < -0.39 is 16.9 Å². The summed E-state index contributed by atoms with van der Waals surface area (Å²) in [5, 5.41) is 13.4. The van der Waals surface area contributed by atoms with Crippen LogP contribution in [-0.2, 0) is 4.79 Å². The van der Waals surface area contributed by atoms with Gasteiger partial charge in [0.1, 0.15) is 5.75 Å². The van der Waals surface area contributed by atoms with E-state index in [1.807, 2.05) is 6.07 Å². The topological polar surface area (TPSA) is 98.5 Å². The molecule has 3 rings (SSSR count). The number of anilines is 1. The maximum absolute atomic E-state index is 12.4. The highest BCUT2D eigenvalue weighted by Crippen LogP contribution is 2.19. The Labute approximate surface area is 167 Å². The van der Waals surface area contributed by atoms with Gasteiger partial charge >= 0.3 is 0 Å². The molecule has 0 aliphatic heterocycles. The number of benzene rings is 3. The minimum absolute atomic E-state index is 0.103. The van der Waals surface area contributed by atoms with Crippen LogP contribution in [0.25, 0.3) is 0 Å². The fraction of sp³-hybridized carbons (Fsp3) is 0.0909. The Bertz CT molecular complexity index is 1030. The van der Waals surface area contributed by atoms with Crippen molar-refractivity contribution in [3.05, 3.63) is 100 Å². The summed E-state index contributed by atoms with van der Waals surface area (Å²) in [5.41, 5.74) is 1.29. The largest absolute Gasteiger partial charge is 0.481 e. The second-order valence-corrected chi connectivity index (χ2v) is 6.28. The van der Waals surface area contributed by atoms with E-state index >= 15 is 0 Å². The summed E-state index contributed by atoms with van der Waals surface area (Å²) < 4.78 is 5.61. The zero-order valence-corrected chi connectivity index (χ0v) is 15.6. The van der Waals surface area contributed by atoms with Crippen molar-refractivity contribution >= 4 is 23.1 Å². The first-order valence-electron chi connectivity index (χ1n) is 8.86. The van der Waals surface area contributed by atoms with Gasteiger partial charge in [0.05, 0.1) is 4.92 Å². The van der Waals surface area contributed by atoms with Crippen molar-refractivity contribution in [1.82, 2.24) is 0 Å². The van der Waals surface area contributed by atoms with Crippen molar-refractivity contribution in [2.45, 2.75) is 13.0 Å². The highest BCUT2D eigenvalue weighted by Gasteiger charge is 2.17. The van der Waals surface area contributed by atoms with E-state index in [-0.39, 0.29) is 11.5 Å². The van der Waals surface area contributed by atoms with Crippen LogP contribution < -0.4 is 10.1 Å². The molecule has 0 aromatic heterocycles. The molecule has 1 N–H and O–H groups in total. The number of nitro groups is 1. The maximum atomic E-state index is 12.4. The summed E-state index contributed by atoms with van der Waals surface area (Å²) in [7, 11) is 0. The van der Waals surface area contributed by atoms with Crippen LogP contribution in [0.4, 0.5) is 11.4 Å². The van der Waals surface area contributed by atoms with Gasteiger partial charge in [-0.15, -0.1) is 0 Å². The molecule has 0 saturated carbocycles. The standard InChI is InChI=1S/C22H18N2O5/c1-15(22(26)23-18-8-5-9-19(14-18)24(27)28)29-20-12-10-17(11-13-20)21(25)16-6-3-2-4-7-16/h2-15H,1H3,(H,23,26). The van der Waals surface area contributed by atoms with E-state index in [1.165, 1.54) is 18.2 Å². The number of non-ortho nitro benzene ring substituents is 1. The van der Waals surface area contributed by atoms with E-state index in [1.54, 1.807) is 61.5 Å². The lowest BCUT2D eigenvalue weighted by Crippen LogP contribution is -2.30. The summed E-state index contributed by atoms with van der Waals surface area (Å²) in [6.07, 6.45) is -0.843. The summed E-state index contributed by atoms with van der Waals surface area (Å²) in [5.74, 6) is -0.125. The molecule has 0 aliphatic rings. The maximum Gasteiger partial charge on any atom is 0.271 e. The van der Waals surface area contributed by atoms with Gasteiger partial charge in [-0.05, 0) is 37.3 Å². The SMILES string of the molecule is CC(Oc1ccc(C(=O)c2ccccc2)cc1)C(=O)Nc1cccc([N+](=O)[O-])c1. The van der Waals surface area contributed by atoms with Gasteiger partial charge in [0.15, 0.2) is 11.9 Å². The lowest BCUT2D eigenvalue weighted by molar-refractivity contribution is -0.384. The van der Waals surface area contributed by atoms with Gasteiger partial charge in [0, 0.05) is 28.9 Å². The molecular formula is C22H18N2O5. The fourth-order valence-electron chi connectivity index (χ4n) is 2.64. The van der Waals surface area contributed by atoms with Gasteiger partial charge in [-0.25, -0.2) is 0 Å². The molecule has 0 fully saturated rings. The van der Waals surface area contributed by atoms with Crippen LogP contribution in [0.1, 0.15) is 22.8 Å². The van der Waals surface area contributed by atoms with Crippen LogP contribution in [0, 0.1) is 10.1 Å². The molecule has 0 bridgehead atoms. The first-order valence-corrected chi connectivity index (χ1v) is 8.86. The van der Waals surface area contributed by atoms with Gasteiger partial charge in [-0.3, -0.25) is 19.7 Å². The first-order chi connectivity index (χ1) is 13.9. The number of nitrogens with zero attached hydrogens (tertiary/aromatic N) is 1. The predicted octanol–water partition coefficient (Wildman–Crippen LogP) is 4.23. The molecule has 0 spiro atoms. The molecular weight excluding hydrogens is 372 g/mol. The normalized spacial score (nSPS) is 11.3. The summed E-state index contributed by atoms with van der Waals surface area (Å²) in [4.78, 5) is 35.0. The number of rotatable bonds is 7. The number of ether oxygens (including phenoxy) is 1. The Hall–Kier alpha value is -4.00. The van der Waals surface area contributed by atoms with Gasteiger partial charge in [0.25, 0.3) is 11.6 Å². The van der Waals surface area contributed by atoms with Gasteiger partial charge in [0.2, 0.25) is 0 Å². The van der Waals surface area contributed by atoms with Crippen molar-refractivity contribution in [3.8, 4) is 5.75 Å². The molecule has 0 saturated heterocycles. The molecule has 0 aliphatic carbocycles. The summed E-state index contributed by atoms with van der Waals surface area (Å²) in [6, 6.07) is 21.1. The van der Waals surface area contributed by atoms with Crippen LogP contribution in [0.3, 0.4) is 0 Å². The lowest BCUT2D eigenvalue weighted by Gasteiger charge is -2.15. The number of carbonyl (C=O) groups is 2. The summed E-state index contributed by atoms with van der Waals surface area (Å²) in [6.45, 7) is 1.57. The van der Waals surface area contributed by atoms with Gasteiger partial charge in [-0.2, -0.15) is 0 Å². The third kappa shape index (κ3) is 5.04. The minimum atomic E-state index is -0.843. The van der Waals surface area contributed by atoms with Crippen molar-refractivity contribution in [1.29, 1.82) is 0 Å². The number of hydrogen-bond donors (Lipinski definition) is 1. The number of nitro benzene ring substituents is 1. The van der Waals surface area contributed by atoms with E-state index in [0.717, 1.165) is 0 Å². The van der Waals surface area contributed by atoms with E-state index in [4.69, 9.17) is 4.74 Å². The zero-order chi connectivity index (χ0) is 20.8. The van der Waals surface area contributed by atoms with Crippen molar-refractivity contribution < 1.29 is 19.2 Å². The number of amides is 1. The molecule has 146 valence electrons. The molecule has 7 heteroatoms. The lowest BCUT2D eigenvalue weighted by atomic mass is 10.0. The van der Waals surface area contributed by atoms with Gasteiger partial charge in [-0.1, -0.05) is 36.4 Å². The number of carbonyl (C=O) groups excluding carboxylic acids is 2. The number of nitrogens with one attached hydrogen (secondary N) is 1. The van der Waals surface area contributed by atoms with Crippen LogP contribution in [-0.4, -0.2) is 22.7 Å². The zero-order valence-electron chi connectivity index (χ0n) is 15.6. The first kappa shape index (κ1) is 19.8. The van der Waals surface area contributed by atoms with Crippen LogP contribution in [0.15, 0.2) is 78.9 Å². The summed E-state index contributed by atoms with van der Waals surface area (Å²) >= 11 is 0. The third-order valence-electron chi connectivity index (χ3n) is 4.16. The van der Waals surface area contributed by atoms with Crippen LogP contribution in [0.2, 0.25) is 0 Å². The Balaban J connectivity index is 1.62. The second-order valence-electron chi connectivity index (χ2n) is 6.28. The fourth-order valence-corrected chi connectivity index (χ4v) is 2.64. The Kier molecular flexibility index (Phi) is 5.99. The molecule has 1 amide bonds. The van der Waals surface area contributed by atoms with Crippen molar-refractivity contribution in [2.24, 2.45) is 0 Å². The highest BCUT2D eigenvalue weighted by atomic mass is 16.6. The Morgan fingerprint density at radius 2 is 1.59 bits per heavy atom. The molecule has 0 radical (unpaired) electrons. The van der Waals surface area contributed by atoms with Crippen LogP contribution >= 0.6 is 0 Å². The second kappa shape index (κ2) is 8.79. The minimum Gasteiger partial charge on any atom is -0.481 e. The van der Waals surface area contributed by atoms with Crippen molar-refractivity contribution in [2.75, 3.05) is 5.32 Å². The smallest absolute Gasteiger partial charge is 0.271 e. The molecule has 3 aromatic carbocycles. The number of hydrogen-bond acceptors (Lipinski definition) is 5. The third-order valence-corrected chi connectivity index (χ3v) is 4.16. The monoisotopic (exact) mass is 390 g/mol. The molecule has 0 heterocycles. The average Bonchev–Trinajstić information content (AvgIpc) is 2.74. The van der Waals surface area contributed by atoms with Gasteiger partial charge < -0.3 is 10.1 Å². The quantitative estimate of drug-likeness (QED) is 0.370. The molecule has 3 aromatic rings. The van der Waals surface area contributed by atoms with E-state index in [9.17, 15) is 19.7 Å². The van der Waals surface area contributed by atoms with E-state index in [2.05, 4.69) is 5.32 Å². The Morgan fingerprint density at radius 3 is 2.24 bits per heavy atom. The molecule has 7 nitrogen and oxygen atoms in total. The number of ketones is 1. The predicted molar refractivity (Wildman–Crippen MR) is 108 cm³/mol. The molecule has 1 atom stereocenters. The Morgan fingerprint density at radius 1 is 0.931 bits per heavy atom. The van der Waals surface area contributed by atoms with Crippen LogP contribution in [0.5, 0.6) is 5.75 Å². The highest BCUT2D eigenvalue weighted by molar-refractivity contribution is 6.09. The van der Waals surface area contributed by atoms with E-state index in [0.29, 0.717) is 22.6 Å².